The summed E-state index contributed by atoms with van der Waals surface area (Å²) in [4.78, 5) is 46.9. The Morgan fingerprint density at radius 2 is 1.70 bits per heavy atom. The number of hydrogen-bond donors (Lipinski definition) is 2. The summed E-state index contributed by atoms with van der Waals surface area (Å²) in [6.07, 6.45) is 3.14. The van der Waals surface area contributed by atoms with Crippen molar-refractivity contribution in [3.8, 4) is 5.75 Å². The topological polar surface area (TPSA) is 128 Å². The summed E-state index contributed by atoms with van der Waals surface area (Å²) < 4.78 is 10.4. The predicted octanol–water partition coefficient (Wildman–Crippen LogP) is 1.50. The molecule has 0 unspecified atom stereocenters. The first-order chi connectivity index (χ1) is 16.0. The van der Waals surface area contributed by atoms with E-state index in [0.29, 0.717) is 11.4 Å². The number of aromatic nitrogens is 2. The van der Waals surface area contributed by atoms with Crippen molar-refractivity contribution < 1.29 is 23.9 Å². The van der Waals surface area contributed by atoms with Crippen LogP contribution in [-0.4, -0.2) is 58.5 Å². The number of rotatable bonds is 10. The number of nitrogens with zero attached hydrogens (tertiary/aromatic N) is 2. The second-order valence-corrected chi connectivity index (χ2v) is 7.32. The number of carbonyl (C=O) groups excluding carboxylic acids is 3. The Morgan fingerprint density at radius 3 is 2.30 bits per heavy atom. The Bertz CT molecular complexity index is 1040. The molecule has 0 aliphatic rings. The van der Waals surface area contributed by atoms with Crippen LogP contribution in [0.3, 0.4) is 0 Å². The summed E-state index contributed by atoms with van der Waals surface area (Å²) in [5, 5.41) is 0. The minimum absolute atomic E-state index is 0.00640. The largest absolute Gasteiger partial charge is 0.484 e. The molecule has 1 aromatic heterocycles. The molecule has 0 aliphatic heterocycles. The smallest absolute Gasteiger partial charge is 0.329 e. The highest BCUT2D eigenvalue weighted by Crippen LogP contribution is 2.15. The van der Waals surface area contributed by atoms with Crippen molar-refractivity contribution in [2.24, 2.45) is 5.73 Å². The van der Waals surface area contributed by atoms with Gasteiger partial charge in [-0.25, -0.2) is 9.78 Å². The third kappa shape index (κ3) is 6.50. The highest BCUT2D eigenvalue weighted by Gasteiger charge is 2.38. The maximum Gasteiger partial charge on any atom is 0.329 e. The van der Waals surface area contributed by atoms with Crippen LogP contribution in [-0.2, 0) is 32.0 Å². The zero-order chi connectivity index (χ0) is 23.6. The lowest BCUT2D eigenvalue weighted by Crippen LogP contribution is -2.57. The van der Waals surface area contributed by atoms with E-state index in [1.54, 1.807) is 24.3 Å². The number of para-hydroxylation sites is 1. The van der Waals surface area contributed by atoms with Gasteiger partial charge in [0, 0.05) is 18.3 Å². The summed E-state index contributed by atoms with van der Waals surface area (Å²) in [6, 6.07) is 15.6. The highest BCUT2D eigenvalue weighted by molar-refractivity contribution is 6.02. The van der Waals surface area contributed by atoms with E-state index in [4.69, 9.17) is 15.2 Å². The molecule has 2 amide bonds. The number of imidazole rings is 1. The molecule has 2 aromatic carbocycles. The second kappa shape index (κ2) is 11.6. The van der Waals surface area contributed by atoms with Gasteiger partial charge < -0.3 is 20.2 Å². The van der Waals surface area contributed by atoms with E-state index >= 15 is 0 Å². The molecule has 0 saturated heterocycles. The molecule has 0 fully saturated rings. The number of nitrogens with one attached hydrogen (secondary N) is 1. The average Bonchev–Trinajstić information content (AvgIpc) is 3.36. The standard InChI is InChI=1S/C24H26N4O5/c1-32-24(31)21(13-18-14-26-16-27-18)28(22(29)15-33-19-10-6-3-7-11-19)23(30)20(25)12-17-8-4-2-5-9-17/h2-11,14,16,20-21H,12-13,15,25H2,1H3,(H,26,27)/t20-,21-/m0/s1. The zero-order valence-electron chi connectivity index (χ0n) is 18.2. The van der Waals surface area contributed by atoms with Gasteiger partial charge in [0.25, 0.3) is 5.91 Å². The zero-order valence-corrected chi connectivity index (χ0v) is 18.2. The van der Waals surface area contributed by atoms with Crippen LogP contribution in [0.15, 0.2) is 73.2 Å². The number of ether oxygens (including phenoxy) is 2. The predicted molar refractivity (Wildman–Crippen MR) is 120 cm³/mol. The maximum atomic E-state index is 13.4. The molecule has 0 radical (unpaired) electrons. The van der Waals surface area contributed by atoms with Gasteiger partial charge >= 0.3 is 5.97 Å². The number of carbonyl (C=O) groups is 3. The van der Waals surface area contributed by atoms with E-state index in [2.05, 4.69) is 9.97 Å². The summed E-state index contributed by atoms with van der Waals surface area (Å²) in [5.41, 5.74) is 7.57. The number of esters is 1. The average molecular weight is 450 g/mol. The van der Waals surface area contributed by atoms with Gasteiger partial charge in [-0.05, 0) is 24.1 Å². The number of nitrogens with two attached hydrogens (primary N) is 1. The molecule has 0 spiro atoms. The maximum absolute atomic E-state index is 13.4. The van der Waals surface area contributed by atoms with Gasteiger partial charge in [0.1, 0.15) is 11.8 Å². The summed E-state index contributed by atoms with van der Waals surface area (Å²) >= 11 is 0. The van der Waals surface area contributed by atoms with Crippen LogP contribution in [0.25, 0.3) is 0 Å². The third-order valence-corrected chi connectivity index (χ3v) is 4.98. The van der Waals surface area contributed by atoms with E-state index < -0.39 is 36.5 Å². The van der Waals surface area contributed by atoms with Crippen molar-refractivity contribution in [2.75, 3.05) is 13.7 Å². The molecule has 3 N–H and O–H groups in total. The van der Waals surface area contributed by atoms with Crippen LogP contribution in [0.4, 0.5) is 0 Å². The number of H-pyrrole nitrogens is 1. The molecule has 0 saturated carbocycles. The Balaban J connectivity index is 1.86. The van der Waals surface area contributed by atoms with Crippen LogP contribution in [0, 0.1) is 0 Å². The van der Waals surface area contributed by atoms with Gasteiger partial charge in [-0.1, -0.05) is 48.5 Å². The van der Waals surface area contributed by atoms with Crippen LogP contribution in [0.5, 0.6) is 5.75 Å². The lowest BCUT2D eigenvalue weighted by atomic mass is 10.0. The van der Waals surface area contributed by atoms with Gasteiger partial charge in [0.15, 0.2) is 6.61 Å². The quantitative estimate of drug-likeness (QED) is 0.448. The molecule has 0 aliphatic carbocycles. The lowest BCUT2D eigenvalue weighted by molar-refractivity contribution is -0.161. The minimum Gasteiger partial charge on any atom is -0.484 e. The molecule has 33 heavy (non-hydrogen) atoms. The fraction of sp³-hybridized carbons (Fsp3) is 0.250. The van der Waals surface area contributed by atoms with Crippen LogP contribution >= 0.6 is 0 Å². The van der Waals surface area contributed by atoms with Gasteiger partial charge in [-0.3, -0.25) is 14.5 Å². The summed E-state index contributed by atoms with van der Waals surface area (Å²) in [5.74, 6) is -1.70. The van der Waals surface area contributed by atoms with E-state index in [-0.39, 0.29) is 12.8 Å². The van der Waals surface area contributed by atoms with Crippen molar-refractivity contribution in [1.82, 2.24) is 14.9 Å². The first-order valence-corrected chi connectivity index (χ1v) is 10.4. The SMILES string of the molecule is COC(=O)[C@H](Cc1cnc[nH]1)N(C(=O)COc1ccccc1)C(=O)[C@@H](N)Cc1ccccc1. The van der Waals surface area contributed by atoms with Gasteiger partial charge in [-0.15, -0.1) is 0 Å². The molecule has 2 atom stereocenters. The molecule has 172 valence electrons. The molecule has 9 nitrogen and oxygen atoms in total. The van der Waals surface area contributed by atoms with E-state index in [9.17, 15) is 14.4 Å². The Hall–Kier alpha value is -3.98. The Labute approximate surface area is 191 Å². The van der Waals surface area contributed by atoms with Crippen LogP contribution in [0.1, 0.15) is 11.3 Å². The van der Waals surface area contributed by atoms with E-state index in [1.807, 2.05) is 36.4 Å². The molecular formula is C24H26N4O5. The van der Waals surface area contributed by atoms with Gasteiger partial charge in [-0.2, -0.15) is 0 Å². The highest BCUT2D eigenvalue weighted by atomic mass is 16.5. The summed E-state index contributed by atoms with van der Waals surface area (Å²) in [6.45, 7) is -0.454. The first-order valence-electron chi connectivity index (χ1n) is 10.4. The first kappa shape index (κ1) is 23.7. The number of aromatic amines is 1. The number of amides is 2. The number of benzene rings is 2. The van der Waals surface area contributed by atoms with Crippen molar-refractivity contribution in [2.45, 2.75) is 24.9 Å². The minimum atomic E-state index is -1.24. The number of methoxy groups -OCH3 is 1. The molecule has 1 heterocycles. The fourth-order valence-electron chi connectivity index (χ4n) is 3.34. The van der Waals surface area contributed by atoms with Crippen molar-refractivity contribution in [3.05, 3.63) is 84.4 Å². The molecule has 3 aromatic rings. The van der Waals surface area contributed by atoms with Gasteiger partial charge in [0.2, 0.25) is 5.91 Å². The number of imide groups is 1. The van der Waals surface area contributed by atoms with Crippen molar-refractivity contribution in [1.29, 1.82) is 0 Å². The van der Waals surface area contributed by atoms with Crippen molar-refractivity contribution >= 4 is 17.8 Å². The molecule has 0 bridgehead atoms. The van der Waals surface area contributed by atoms with E-state index in [0.717, 1.165) is 10.5 Å². The monoisotopic (exact) mass is 450 g/mol. The lowest BCUT2D eigenvalue weighted by Gasteiger charge is -2.30. The fourth-order valence-corrected chi connectivity index (χ4v) is 3.34. The summed E-state index contributed by atoms with van der Waals surface area (Å²) in [7, 11) is 1.19. The molecule has 9 heteroatoms. The number of hydrogen-bond acceptors (Lipinski definition) is 7. The Kier molecular flexibility index (Phi) is 8.31. The van der Waals surface area contributed by atoms with Gasteiger partial charge in [0.05, 0.1) is 19.5 Å². The molecular weight excluding hydrogens is 424 g/mol. The second-order valence-electron chi connectivity index (χ2n) is 7.32. The van der Waals surface area contributed by atoms with E-state index in [1.165, 1.54) is 19.6 Å². The van der Waals surface area contributed by atoms with Crippen molar-refractivity contribution in [3.63, 3.8) is 0 Å². The molecule has 3 rings (SSSR count). The normalized spacial score (nSPS) is 12.4. The van der Waals surface area contributed by atoms with Crippen LogP contribution < -0.4 is 10.5 Å². The van der Waals surface area contributed by atoms with Crippen LogP contribution in [0.2, 0.25) is 0 Å². The Morgan fingerprint density at radius 1 is 1.03 bits per heavy atom. The third-order valence-electron chi connectivity index (χ3n) is 4.98.